The third kappa shape index (κ3) is 3.53. The number of hydrogen-bond donors (Lipinski definition) is 1. The highest BCUT2D eigenvalue weighted by Crippen LogP contribution is 2.38. The summed E-state index contributed by atoms with van der Waals surface area (Å²) in [6, 6.07) is 6.30. The lowest BCUT2D eigenvalue weighted by molar-refractivity contribution is -0.138. The van der Waals surface area contributed by atoms with E-state index in [-0.39, 0.29) is 24.1 Å². The Morgan fingerprint density at radius 2 is 1.78 bits per heavy atom. The van der Waals surface area contributed by atoms with Crippen LogP contribution in [0.4, 0.5) is 4.39 Å². The first kappa shape index (κ1) is 18.2. The zero-order valence-corrected chi connectivity index (χ0v) is 14.7. The molecule has 1 aromatic rings. The molecule has 1 aromatic carbocycles. The summed E-state index contributed by atoms with van der Waals surface area (Å²) in [6.45, 7) is 7.75. The molecular formula is C18H26ClFN2O. The standard InChI is InChI=1S/C18H25FN2O.ClH/c1-17(2,14-3-5-15(19)6-4-14)16(22)21-11-8-18(9-12-21)7-10-20-13-18;/h3-6,20H,7-13H2,1-2H3;1H. The molecule has 0 bridgehead atoms. The molecule has 1 amide bonds. The minimum atomic E-state index is -0.605. The van der Waals surface area contributed by atoms with Crippen molar-refractivity contribution in [1.82, 2.24) is 10.2 Å². The maximum atomic E-state index is 13.1. The van der Waals surface area contributed by atoms with E-state index in [0.717, 1.165) is 44.6 Å². The van der Waals surface area contributed by atoms with Crippen LogP contribution in [0.1, 0.15) is 38.7 Å². The van der Waals surface area contributed by atoms with Gasteiger partial charge in [-0.3, -0.25) is 4.79 Å². The molecule has 2 fully saturated rings. The summed E-state index contributed by atoms with van der Waals surface area (Å²) < 4.78 is 13.1. The van der Waals surface area contributed by atoms with Gasteiger partial charge in [-0.2, -0.15) is 0 Å². The summed E-state index contributed by atoms with van der Waals surface area (Å²) in [4.78, 5) is 14.9. The number of halogens is 2. The van der Waals surface area contributed by atoms with Crippen molar-refractivity contribution in [1.29, 1.82) is 0 Å². The maximum absolute atomic E-state index is 13.1. The van der Waals surface area contributed by atoms with Gasteiger partial charge in [0.15, 0.2) is 0 Å². The molecule has 2 saturated heterocycles. The first-order valence-electron chi connectivity index (χ1n) is 8.19. The fourth-order valence-corrected chi connectivity index (χ4v) is 3.79. The van der Waals surface area contributed by atoms with E-state index in [2.05, 4.69) is 5.32 Å². The topological polar surface area (TPSA) is 32.3 Å². The highest BCUT2D eigenvalue weighted by atomic mass is 35.5. The highest BCUT2D eigenvalue weighted by molar-refractivity contribution is 5.87. The van der Waals surface area contributed by atoms with Crippen molar-refractivity contribution in [3.8, 4) is 0 Å². The number of amides is 1. The summed E-state index contributed by atoms with van der Waals surface area (Å²) >= 11 is 0. The van der Waals surface area contributed by atoms with Crippen molar-refractivity contribution >= 4 is 18.3 Å². The molecule has 0 unspecified atom stereocenters. The molecule has 5 heteroatoms. The Morgan fingerprint density at radius 1 is 1.17 bits per heavy atom. The van der Waals surface area contributed by atoms with Crippen LogP contribution >= 0.6 is 12.4 Å². The zero-order valence-electron chi connectivity index (χ0n) is 13.9. The van der Waals surface area contributed by atoms with Gasteiger partial charge in [-0.05, 0) is 62.8 Å². The zero-order chi connectivity index (χ0) is 15.8. The lowest BCUT2D eigenvalue weighted by Crippen LogP contribution is -2.49. The van der Waals surface area contributed by atoms with E-state index in [1.54, 1.807) is 12.1 Å². The minimum absolute atomic E-state index is 0. The second-order valence-corrected chi connectivity index (χ2v) is 7.35. The summed E-state index contributed by atoms with van der Waals surface area (Å²) in [5, 5.41) is 3.45. The molecule has 3 nitrogen and oxygen atoms in total. The SMILES string of the molecule is CC(C)(C(=O)N1CCC2(CCNC2)CC1)c1ccc(F)cc1.Cl. The second-order valence-electron chi connectivity index (χ2n) is 7.35. The number of benzene rings is 1. The van der Waals surface area contributed by atoms with Gasteiger partial charge in [0.25, 0.3) is 0 Å². The van der Waals surface area contributed by atoms with E-state index in [1.165, 1.54) is 18.6 Å². The first-order valence-corrected chi connectivity index (χ1v) is 8.19. The number of rotatable bonds is 2. The Balaban J connectivity index is 0.00000192. The summed E-state index contributed by atoms with van der Waals surface area (Å²) in [7, 11) is 0. The molecule has 3 rings (SSSR count). The number of piperidine rings is 1. The van der Waals surface area contributed by atoms with Crippen LogP contribution in [0.15, 0.2) is 24.3 Å². The fraction of sp³-hybridized carbons (Fsp3) is 0.611. The Labute approximate surface area is 144 Å². The van der Waals surface area contributed by atoms with Gasteiger partial charge in [0.2, 0.25) is 5.91 Å². The van der Waals surface area contributed by atoms with Crippen LogP contribution in [0.2, 0.25) is 0 Å². The first-order chi connectivity index (χ1) is 10.4. The summed E-state index contributed by atoms with van der Waals surface area (Å²) in [6.07, 6.45) is 3.41. The lowest BCUT2D eigenvalue weighted by atomic mass is 9.76. The minimum Gasteiger partial charge on any atom is -0.342 e. The Kier molecular flexibility index (Phi) is 5.37. The van der Waals surface area contributed by atoms with E-state index < -0.39 is 5.41 Å². The van der Waals surface area contributed by atoms with Crippen molar-refractivity contribution in [3.63, 3.8) is 0 Å². The van der Waals surface area contributed by atoms with Gasteiger partial charge < -0.3 is 10.2 Å². The number of nitrogens with one attached hydrogen (secondary N) is 1. The Bertz CT molecular complexity index is 543. The fourth-order valence-electron chi connectivity index (χ4n) is 3.79. The van der Waals surface area contributed by atoms with Gasteiger partial charge in [-0.15, -0.1) is 12.4 Å². The van der Waals surface area contributed by atoms with Gasteiger partial charge in [0.05, 0.1) is 5.41 Å². The Hall–Kier alpha value is -1.13. The third-order valence-corrected chi connectivity index (χ3v) is 5.54. The lowest BCUT2D eigenvalue weighted by Gasteiger charge is -2.41. The molecule has 0 aliphatic carbocycles. The number of hydrogen-bond acceptors (Lipinski definition) is 2. The summed E-state index contributed by atoms with van der Waals surface area (Å²) in [5.41, 5.74) is 0.685. The van der Waals surface area contributed by atoms with Gasteiger partial charge >= 0.3 is 0 Å². The molecule has 2 heterocycles. The third-order valence-electron chi connectivity index (χ3n) is 5.54. The predicted octanol–water partition coefficient (Wildman–Crippen LogP) is 3.13. The molecule has 0 radical (unpaired) electrons. The number of nitrogens with zero attached hydrogens (tertiary/aromatic N) is 1. The van der Waals surface area contributed by atoms with Crippen LogP contribution in [-0.2, 0) is 10.2 Å². The van der Waals surface area contributed by atoms with Crippen molar-refractivity contribution in [2.24, 2.45) is 5.41 Å². The molecule has 2 aliphatic heterocycles. The van der Waals surface area contributed by atoms with E-state index in [0.29, 0.717) is 5.41 Å². The molecule has 0 aromatic heterocycles. The predicted molar refractivity (Wildman–Crippen MR) is 92.4 cm³/mol. The van der Waals surface area contributed by atoms with E-state index in [4.69, 9.17) is 0 Å². The van der Waals surface area contributed by atoms with Crippen LogP contribution < -0.4 is 5.32 Å². The van der Waals surface area contributed by atoms with Gasteiger partial charge in [-0.1, -0.05) is 12.1 Å². The molecule has 128 valence electrons. The van der Waals surface area contributed by atoms with Crippen LogP contribution in [0.3, 0.4) is 0 Å². The van der Waals surface area contributed by atoms with E-state index in [9.17, 15) is 9.18 Å². The van der Waals surface area contributed by atoms with Crippen molar-refractivity contribution < 1.29 is 9.18 Å². The van der Waals surface area contributed by atoms with E-state index in [1.807, 2.05) is 18.7 Å². The molecule has 2 aliphatic rings. The average molecular weight is 341 g/mol. The molecule has 0 atom stereocenters. The van der Waals surface area contributed by atoms with Crippen LogP contribution in [-0.4, -0.2) is 37.0 Å². The van der Waals surface area contributed by atoms with Gasteiger partial charge in [-0.25, -0.2) is 4.39 Å². The monoisotopic (exact) mass is 340 g/mol. The van der Waals surface area contributed by atoms with Gasteiger partial charge in [0, 0.05) is 19.6 Å². The van der Waals surface area contributed by atoms with Gasteiger partial charge in [0.1, 0.15) is 5.82 Å². The molecular weight excluding hydrogens is 315 g/mol. The average Bonchev–Trinajstić information content (AvgIpc) is 2.96. The van der Waals surface area contributed by atoms with Crippen molar-refractivity contribution in [2.45, 2.75) is 38.5 Å². The molecule has 1 N–H and O–H groups in total. The number of carbonyl (C=O) groups excluding carboxylic acids is 1. The van der Waals surface area contributed by atoms with Crippen LogP contribution in [0.5, 0.6) is 0 Å². The Morgan fingerprint density at radius 3 is 2.30 bits per heavy atom. The highest BCUT2D eigenvalue weighted by Gasteiger charge is 2.41. The summed E-state index contributed by atoms with van der Waals surface area (Å²) in [5.74, 6) is -0.111. The van der Waals surface area contributed by atoms with Crippen LogP contribution in [0, 0.1) is 11.2 Å². The quantitative estimate of drug-likeness (QED) is 0.897. The molecule has 1 spiro atoms. The normalized spacial score (nSPS) is 20.4. The number of likely N-dealkylation sites (tertiary alicyclic amines) is 1. The maximum Gasteiger partial charge on any atom is 0.232 e. The number of carbonyl (C=O) groups is 1. The van der Waals surface area contributed by atoms with Crippen molar-refractivity contribution in [2.75, 3.05) is 26.2 Å². The molecule has 23 heavy (non-hydrogen) atoms. The molecule has 0 saturated carbocycles. The largest absolute Gasteiger partial charge is 0.342 e. The van der Waals surface area contributed by atoms with E-state index >= 15 is 0 Å². The van der Waals surface area contributed by atoms with Crippen LogP contribution in [0.25, 0.3) is 0 Å². The van der Waals surface area contributed by atoms with Crippen molar-refractivity contribution in [3.05, 3.63) is 35.6 Å². The smallest absolute Gasteiger partial charge is 0.232 e. The second kappa shape index (κ2) is 6.78.